The SMILES string of the molecule is CCCNC(=O)CN=C(NCC)N1CCN(c2nc(CC)ns2)CC1.I. The van der Waals surface area contributed by atoms with Gasteiger partial charge in [-0.3, -0.25) is 4.79 Å². The van der Waals surface area contributed by atoms with Crippen molar-refractivity contribution in [1.29, 1.82) is 0 Å². The van der Waals surface area contributed by atoms with E-state index in [1.807, 2.05) is 13.8 Å². The van der Waals surface area contributed by atoms with Gasteiger partial charge < -0.3 is 20.4 Å². The average Bonchev–Trinajstić information content (AvgIpc) is 3.13. The predicted octanol–water partition coefficient (Wildman–Crippen LogP) is 1.33. The maximum absolute atomic E-state index is 11.8. The minimum Gasteiger partial charge on any atom is -0.357 e. The molecule has 2 rings (SSSR count). The average molecular weight is 495 g/mol. The van der Waals surface area contributed by atoms with E-state index < -0.39 is 0 Å². The van der Waals surface area contributed by atoms with Crippen molar-refractivity contribution in [2.24, 2.45) is 4.99 Å². The summed E-state index contributed by atoms with van der Waals surface area (Å²) in [5.74, 6) is 1.69. The van der Waals surface area contributed by atoms with Crippen molar-refractivity contribution in [2.45, 2.75) is 33.6 Å². The Morgan fingerprint density at radius 3 is 2.50 bits per heavy atom. The molecule has 1 fully saturated rings. The fourth-order valence-corrected chi connectivity index (χ4v) is 3.32. The van der Waals surface area contributed by atoms with Crippen molar-refractivity contribution in [3.05, 3.63) is 5.82 Å². The van der Waals surface area contributed by atoms with E-state index in [0.29, 0.717) is 6.54 Å². The first-order chi connectivity index (χ1) is 12.2. The number of aromatic nitrogens is 2. The Labute approximate surface area is 177 Å². The molecule has 0 radical (unpaired) electrons. The summed E-state index contributed by atoms with van der Waals surface area (Å²) in [7, 11) is 0. The van der Waals surface area contributed by atoms with Crippen LogP contribution in [-0.2, 0) is 11.2 Å². The number of guanidine groups is 1. The van der Waals surface area contributed by atoms with Crippen molar-refractivity contribution < 1.29 is 4.79 Å². The highest BCUT2D eigenvalue weighted by molar-refractivity contribution is 14.0. The number of anilines is 1. The van der Waals surface area contributed by atoms with Crippen LogP contribution in [0.15, 0.2) is 4.99 Å². The number of nitrogens with one attached hydrogen (secondary N) is 2. The van der Waals surface area contributed by atoms with E-state index in [1.54, 1.807) is 0 Å². The lowest BCUT2D eigenvalue weighted by Crippen LogP contribution is -2.52. The molecule has 1 amide bonds. The number of hydrogen-bond donors (Lipinski definition) is 2. The summed E-state index contributed by atoms with van der Waals surface area (Å²) in [6.45, 7) is 11.3. The second-order valence-electron chi connectivity index (χ2n) is 5.84. The van der Waals surface area contributed by atoms with Crippen LogP contribution in [0.1, 0.15) is 33.0 Å². The quantitative estimate of drug-likeness (QED) is 0.338. The van der Waals surface area contributed by atoms with Gasteiger partial charge in [0.1, 0.15) is 12.4 Å². The van der Waals surface area contributed by atoms with Crippen LogP contribution in [0.2, 0.25) is 0 Å². The molecule has 10 heteroatoms. The molecule has 2 N–H and O–H groups in total. The third-order valence-corrected chi connectivity index (χ3v) is 4.72. The zero-order valence-electron chi connectivity index (χ0n) is 15.8. The van der Waals surface area contributed by atoms with E-state index in [-0.39, 0.29) is 36.4 Å². The molecule has 0 atom stereocenters. The molecule has 1 saturated heterocycles. The number of amides is 1. The van der Waals surface area contributed by atoms with E-state index in [1.165, 1.54) is 11.5 Å². The van der Waals surface area contributed by atoms with Gasteiger partial charge in [0, 0.05) is 57.2 Å². The van der Waals surface area contributed by atoms with Crippen LogP contribution in [-0.4, -0.2) is 71.9 Å². The van der Waals surface area contributed by atoms with Gasteiger partial charge in [0.25, 0.3) is 0 Å². The molecule has 1 aliphatic heterocycles. The van der Waals surface area contributed by atoms with Crippen molar-refractivity contribution in [1.82, 2.24) is 24.9 Å². The van der Waals surface area contributed by atoms with E-state index in [4.69, 9.17) is 0 Å². The minimum atomic E-state index is -0.0307. The Balaban J connectivity index is 0.00000338. The van der Waals surface area contributed by atoms with Crippen molar-refractivity contribution in [2.75, 3.05) is 50.7 Å². The first-order valence-corrected chi connectivity index (χ1v) is 9.82. The molecule has 8 nitrogen and oxygen atoms in total. The Bertz CT molecular complexity index is 573. The van der Waals surface area contributed by atoms with Crippen molar-refractivity contribution in [3.63, 3.8) is 0 Å². The van der Waals surface area contributed by atoms with Gasteiger partial charge in [-0.05, 0) is 13.3 Å². The van der Waals surface area contributed by atoms with Gasteiger partial charge in [0.05, 0.1) is 0 Å². The van der Waals surface area contributed by atoms with Crippen LogP contribution in [0.3, 0.4) is 0 Å². The number of aliphatic imine (C=N–C) groups is 1. The number of carbonyl (C=O) groups is 1. The summed E-state index contributed by atoms with van der Waals surface area (Å²) in [6, 6.07) is 0. The highest BCUT2D eigenvalue weighted by Crippen LogP contribution is 2.19. The van der Waals surface area contributed by atoms with Gasteiger partial charge in [-0.25, -0.2) is 9.98 Å². The van der Waals surface area contributed by atoms with Gasteiger partial charge in [-0.15, -0.1) is 24.0 Å². The number of nitrogens with zero attached hydrogens (tertiary/aromatic N) is 5. The monoisotopic (exact) mass is 495 g/mol. The predicted molar refractivity (Wildman–Crippen MR) is 118 cm³/mol. The molecule has 0 aliphatic carbocycles. The summed E-state index contributed by atoms with van der Waals surface area (Å²) in [5, 5.41) is 7.14. The van der Waals surface area contributed by atoms with Gasteiger partial charge in [0.15, 0.2) is 5.96 Å². The number of piperazine rings is 1. The maximum atomic E-state index is 11.8. The summed E-state index contributed by atoms with van der Waals surface area (Å²) < 4.78 is 4.36. The van der Waals surface area contributed by atoms with Crippen LogP contribution in [0, 0.1) is 0 Å². The normalized spacial score (nSPS) is 14.8. The molecule has 1 aromatic heterocycles. The lowest BCUT2D eigenvalue weighted by Gasteiger charge is -2.36. The highest BCUT2D eigenvalue weighted by atomic mass is 127. The fourth-order valence-electron chi connectivity index (χ4n) is 2.52. The molecule has 0 unspecified atom stereocenters. The fraction of sp³-hybridized carbons (Fsp3) is 0.750. The molecule has 0 aromatic carbocycles. The lowest BCUT2D eigenvalue weighted by molar-refractivity contribution is -0.119. The Morgan fingerprint density at radius 1 is 1.19 bits per heavy atom. The zero-order valence-corrected chi connectivity index (χ0v) is 19.0. The molecule has 0 saturated carbocycles. The molecular formula is C16H30IN7OS. The summed E-state index contributed by atoms with van der Waals surface area (Å²) >= 11 is 1.47. The smallest absolute Gasteiger partial charge is 0.241 e. The second-order valence-corrected chi connectivity index (χ2v) is 6.57. The van der Waals surface area contributed by atoms with Crippen LogP contribution >= 0.6 is 35.5 Å². The van der Waals surface area contributed by atoms with Crippen LogP contribution < -0.4 is 15.5 Å². The number of aryl methyl sites for hydroxylation is 1. The summed E-state index contributed by atoms with van der Waals surface area (Å²) in [4.78, 5) is 25.3. The summed E-state index contributed by atoms with van der Waals surface area (Å²) in [5.41, 5.74) is 0. The second kappa shape index (κ2) is 12.3. The first kappa shape index (κ1) is 22.9. The van der Waals surface area contributed by atoms with Gasteiger partial charge in [-0.2, -0.15) is 4.37 Å². The van der Waals surface area contributed by atoms with Crippen molar-refractivity contribution in [3.8, 4) is 0 Å². The van der Waals surface area contributed by atoms with E-state index >= 15 is 0 Å². The Hall–Kier alpha value is -1.17. The molecule has 148 valence electrons. The molecule has 26 heavy (non-hydrogen) atoms. The largest absolute Gasteiger partial charge is 0.357 e. The van der Waals surface area contributed by atoms with E-state index in [9.17, 15) is 4.79 Å². The minimum absolute atomic E-state index is 0. The van der Waals surface area contributed by atoms with Gasteiger partial charge in [-0.1, -0.05) is 13.8 Å². The highest BCUT2D eigenvalue weighted by Gasteiger charge is 2.22. The number of halogens is 1. The van der Waals surface area contributed by atoms with Crippen LogP contribution in [0.4, 0.5) is 5.13 Å². The molecule has 0 spiro atoms. The zero-order chi connectivity index (χ0) is 18.1. The molecule has 2 heterocycles. The van der Waals surface area contributed by atoms with Gasteiger partial charge >= 0.3 is 0 Å². The lowest BCUT2D eigenvalue weighted by atomic mass is 10.3. The van der Waals surface area contributed by atoms with Crippen LogP contribution in [0.25, 0.3) is 0 Å². The summed E-state index contributed by atoms with van der Waals surface area (Å²) in [6.07, 6.45) is 1.80. The Morgan fingerprint density at radius 2 is 1.92 bits per heavy atom. The standard InChI is InChI=1S/C16H29N7OS.HI/c1-4-7-18-14(24)12-19-15(17-6-3)22-8-10-23(11-9-22)16-20-13(5-2)21-25-16;/h4-12H2,1-3H3,(H,17,19)(H,18,24);1H. The molecule has 1 aromatic rings. The molecule has 1 aliphatic rings. The molecular weight excluding hydrogens is 465 g/mol. The van der Waals surface area contributed by atoms with E-state index in [0.717, 1.165) is 62.5 Å². The van der Waals surface area contributed by atoms with Crippen molar-refractivity contribution >= 4 is 52.5 Å². The number of rotatable bonds is 7. The van der Waals surface area contributed by atoms with E-state index in [2.05, 4.69) is 41.7 Å². The maximum Gasteiger partial charge on any atom is 0.241 e. The number of hydrogen-bond acceptors (Lipinski definition) is 6. The Kier molecular flexibility index (Phi) is 10.8. The topological polar surface area (TPSA) is 85.8 Å². The van der Waals surface area contributed by atoms with Crippen LogP contribution in [0.5, 0.6) is 0 Å². The third kappa shape index (κ3) is 6.86. The number of carbonyl (C=O) groups excluding carboxylic acids is 1. The first-order valence-electron chi connectivity index (χ1n) is 9.05. The molecule has 0 bridgehead atoms. The van der Waals surface area contributed by atoms with Gasteiger partial charge in [0.2, 0.25) is 11.0 Å². The third-order valence-electron chi connectivity index (χ3n) is 3.90.